The maximum atomic E-state index is 9.11. The molecule has 4 N–H and O–H groups in total. The Kier molecular flexibility index (Phi) is 4.70. The molecule has 3 unspecified atom stereocenters. The van der Waals surface area contributed by atoms with Gasteiger partial charge in [-0.2, -0.15) is 0 Å². The van der Waals surface area contributed by atoms with E-state index in [1.807, 2.05) is 0 Å². The normalized spacial score (nSPS) is 30.7. The third kappa shape index (κ3) is 3.25. The Labute approximate surface area is 80.7 Å². The van der Waals surface area contributed by atoms with Gasteiger partial charge in [0.25, 0.3) is 0 Å². The van der Waals surface area contributed by atoms with E-state index >= 15 is 0 Å². The first-order chi connectivity index (χ1) is 6.27. The fourth-order valence-electron chi connectivity index (χ4n) is 2.06. The molecule has 1 aliphatic rings. The molecule has 0 spiro atoms. The Morgan fingerprint density at radius 1 is 1.46 bits per heavy atom. The van der Waals surface area contributed by atoms with Crippen molar-refractivity contribution < 1.29 is 5.11 Å². The largest absolute Gasteiger partial charge is 0.396 e. The van der Waals surface area contributed by atoms with Crippen molar-refractivity contribution in [3.8, 4) is 0 Å². The topological polar surface area (TPSA) is 58.3 Å². The van der Waals surface area contributed by atoms with Gasteiger partial charge in [-0.25, -0.2) is 0 Å². The Morgan fingerprint density at radius 2 is 2.15 bits per heavy atom. The number of rotatable bonds is 5. The van der Waals surface area contributed by atoms with Crippen molar-refractivity contribution in [2.45, 2.75) is 32.2 Å². The van der Waals surface area contributed by atoms with Crippen molar-refractivity contribution in [2.75, 3.05) is 19.7 Å². The lowest BCUT2D eigenvalue weighted by Crippen LogP contribution is -2.37. The number of aliphatic hydroxyl groups is 1. The first-order valence-corrected chi connectivity index (χ1v) is 5.32. The lowest BCUT2D eigenvalue weighted by Gasteiger charge is -2.20. The molecular weight excluding hydrogens is 164 g/mol. The molecule has 3 atom stereocenters. The number of nitrogens with two attached hydrogens (primary N) is 1. The molecule has 0 aliphatic heterocycles. The number of hydrogen-bond acceptors (Lipinski definition) is 3. The maximum Gasteiger partial charge on any atom is 0.0462 e. The van der Waals surface area contributed by atoms with Crippen LogP contribution in [0, 0.1) is 11.8 Å². The van der Waals surface area contributed by atoms with Gasteiger partial charge >= 0.3 is 0 Å². The summed E-state index contributed by atoms with van der Waals surface area (Å²) in [5, 5.41) is 12.5. The number of hydrogen-bond donors (Lipinski definition) is 3. The van der Waals surface area contributed by atoms with E-state index in [1.54, 1.807) is 0 Å². The van der Waals surface area contributed by atoms with Gasteiger partial charge in [-0.3, -0.25) is 0 Å². The van der Waals surface area contributed by atoms with E-state index in [1.165, 1.54) is 19.3 Å². The van der Waals surface area contributed by atoms with Crippen molar-refractivity contribution in [2.24, 2.45) is 17.6 Å². The molecule has 3 heteroatoms. The summed E-state index contributed by atoms with van der Waals surface area (Å²) in [6.07, 6.45) is 3.73. The second-order valence-corrected chi connectivity index (χ2v) is 4.18. The minimum atomic E-state index is 0.351. The van der Waals surface area contributed by atoms with Crippen LogP contribution in [0.3, 0.4) is 0 Å². The Balaban J connectivity index is 2.19. The Hall–Kier alpha value is -0.120. The van der Waals surface area contributed by atoms with Crippen LogP contribution in [-0.2, 0) is 0 Å². The molecule has 0 aromatic carbocycles. The van der Waals surface area contributed by atoms with E-state index in [9.17, 15) is 0 Å². The van der Waals surface area contributed by atoms with E-state index in [-0.39, 0.29) is 0 Å². The van der Waals surface area contributed by atoms with Crippen molar-refractivity contribution in [1.29, 1.82) is 0 Å². The third-order valence-corrected chi connectivity index (χ3v) is 3.13. The van der Waals surface area contributed by atoms with Crippen molar-refractivity contribution in [3.05, 3.63) is 0 Å². The van der Waals surface area contributed by atoms with E-state index < -0.39 is 0 Å². The molecular formula is C10H22N2O. The zero-order valence-electron chi connectivity index (χ0n) is 8.50. The van der Waals surface area contributed by atoms with Gasteiger partial charge in [-0.1, -0.05) is 6.42 Å². The van der Waals surface area contributed by atoms with Gasteiger partial charge in [0.1, 0.15) is 0 Å². The standard InChI is InChI=1S/C10H22N2O/c1-8(5-11)12-6-9-3-2-4-10(9)7-13/h8-10,12-13H,2-7,11H2,1H3. The Bertz CT molecular complexity index is 141. The molecule has 0 saturated heterocycles. The number of nitrogens with one attached hydrogen (secondary N) is 1. The molecule has 0 radical (unpaired) electrons. The smallest absolute Gasteiger partial charge is 0.0462 e. The van der Waals surface area contributed by atoms with Crippen molar-refractivity contribution >= 4 is 0 Å². The molecule has 1 saturated carbocycles. The van der Waals surface area contributed by atoms with Gasteiger partial charge in [0.15, 0.2) is 0 Å². The van der Waals surface area contributed by atoms with Gasteiger partial charge in [0, 0.05) is 19.2 Å². The minimum absolute atomic E-state index is 0.351. The predicted octanol–water partition coefficient (Wildman–Crippen LogP) is 0.332. The SMILES string of the molecule is CC(CN)NCC1CCCC1CO. The van der Waals surface area contributed by atoms with Crippen LogP contribution in [0.4, 0.5) is 0 Å². The molecule has 78 valence electrons. The van der Waals surface area contributed by atoms with Gasteiger partial charge in [-0.05, 0) is 38.1 Å². The first kappa shape index (κ1) is 11.0. The Morgan fingerprint density at radius 3 is 2.77 bits per heavy atom. The summed E-state index contributed by atoms with van der Waals surface area (Å²) in [5.74, 6) is 1.19. The molecule has 0 bridgehead atoms. The average molecular weight is 186 g/mol. The molecule has 0 aromatic rings. The zero-order chi connectivity index (χ0) is 9.68. The summed E-state index contributed by atoms with van der Waals surface area (Å²) in [6, 6.07) is 0.403. The highest BCUT2D eigenvalue weighted by molar-refractivity contribution is 4.79. The number of aliphatic hydroxyl groups excluding tert-OH is 1. The van der Waals surface area contributed by atoms with Gasteiger partial charge < -0.3 is 16.2 Å². The second kappa shape index (κ2) is 5.58. The molecule has 3 nitrogen and oxygen atoms in total. The van der Waals surface area contributed by atoms with E-state index in [2.05, 4.69) is 12.2 Å². The van der Waals surface area contributed by atoms with Crippen LogP contribution in [0.5, 0.6) is 0 Å². The predicted molar refractivity (Wildman–Crippen MR) is 54.4 cm³/mol. The van der Waals surface area contributed by atoms with Crippen LogP contribution in [0.25, 0.3) is 0 Å². The first-order valence-electron chi connectivity index (χ1n) is 5.32. The van der Waals surface area contributed by atoms with Crippen LogP contribution in [-0.4, -0.2) is 30.8 Å². The van der Waals surface area contributed by atoms with E-state index in [0.717, 1.165) is 6.54 Å². The fraction of sp³-hybridized carbons (Fsp3) is 1.00. The molecule has 1 fully saturated rings. The molecule has 1 rings (SSSR count). The summed E-state index contributed by atoms with van der Waals surface area (Å²) in [4.78, 5) is 0. The fourth-order valence-corrected chi connectivity index (χ4v) is 2.06. The van der Waals surface area contributed by atoms with E-state index in [0.29, 0.717) is 31.0 Å². The van der Waals surface area contributed by atoms with E-state index in [4.69, 9.17) is 10.8 Å². The second-order valence-electron chi connectivity index (χ2n) is 4.18. The summed E-state index contributed by atoms with van der Waals surface area (Å²) in [5.41, 5.74) is 5.51. The lowest BCUT2D eigenvalue weighted by atomic mass is 9.97. The van der Waals surface area contributed by atoms with Crippen LogP contribution < -0.4 is 11.1 Å². The van der Waals surface area contributed by atoms with Gasteiger partial charge in [0.2, 0.25) is 0 Å². The van der Waals surface area contributed by atoms with Gasteiger partial charge in [0.05, 0.1) is 0 Å². The highest BCUT2D eigenvalue weighted by Crippen LogP contribution is 2.30. The maximum absolute atomic E-state index is 9.11. The van der Waals surface area contributed by atoms with Crippen molar-refractivity contribution in [3.63, 3.8) is 0 Å². The molecule has 0 aromatic heterocycles. The minimum Gasteiger partial charge on any atom is -0.396 e. The monoisotopic (exact) mass is 186 g/mol. The average Bonchev–Trinajstić information content (AvgIpc) is 2.61. The molecule has 13 heavy (non-hydrogen) atoms. The van der Waals surface area contributed by atoms with Gasteiger partial charge in [-0.15, -0.1) is 0 Å². The van der Waals surface area contributed by atoms with Crippen LogP contribution in [0.1, 0.15) is 26.2 Å². The summed E-state index contributed by atoms with van der Waals surface area (Å²) in [7, 11) is 0. The quantitative estimate of drug-likeness (QED) is 0.580. The highest BCUT2D eigenvalue weighted by atomic mass is 16.3. The summed E-state index contributed by atoms with van der Waals surface area (Å²) < 4.78 is 0. The van der Waals surface area contributed by atoms with Crippen LogP contribution >= 0.6 is 0 Å². The lowest BCUT2D eigenvalue weighted by molar-refractivity contribution is 0.191. The molecule has 1 aliphatic carbocycles. The van der Waals surface area contributed by atoms with Crippen molar-refractivity contribution in [1.82, 2.24) is 5.32 Å². The molecule has 0 amide bonds. The van der Waals surface area contributed by atoms with Crippen LogP contribution in [0.15, 0.2) is 0 Å². The third-order valence-electron chi connectivity index (χ3n) is 3.13. The van der Waals surface area contributed by atoms with Crippen LogP contribution in [0.2, 0.25) is 0 Å². The zero-order valence-corrected chi connectivity index (χ0v) is 8.50. The highest BCUT2D eigenvalue weighted by Gasteiger charge is 2.26. The summed E-state index contributed by atoms with van der Waals surface area (Å²) >= 11 is 0. The molecule has 0 heterocycles. The summed E-state index contributed by atoms with van der Waals surface area (Å²) in [6.45, 7) is 4.16.